The van der Waals surface area contributed by atoms with Gasteiger partial charge < -0.3 is 14.4 Å². The summed E-state index contributed by atoms with van der Waals surface area (Å²) >= 11 is 0. The summed E-state index contributed by atoms with van der Waals surface area (Å²) < 4.78 is 36.3. The zero-order valence-corrected chi connectivity index (χ0v) is 25.2. The molecule has 1 aliphatic heterocycles. The van der Waals surface area contributed by atoms with Crippen molar-refractivity contribution < 1.29 is 22.7 Å². The predicted octanol–water partition coefficient (Wildman–Crippen LogP) is 5.49. The Kier molecular flexibility index (Phi) is 9.58. The van der Waals surface area contributed by atoms with E-state index in [2.05, 4.69) is 14.6 Å². The van der Waals surface area contributed by atoms with Crippen molar-refractivity contribution in [2.45, 2.75) is 31.8 Å². The first-order valence-corrected chi connectivity index (χ1v) is 16.1. The third-order valence-corrected chi connectivity index (χ3v) is 7.93. The largest absolute Gasteiger partial charge is 0.497 e. The number of para-hydroxylation sites is 1. The number of carbonyl (C=O) groups is 1. The summed E-state index contributed by atoms with van der Waals surface area (Å²) in [5.41, 5.74) is 3.44. The van der Waals surface area contributed by atoms with E-state index in [1.54, 1.807) is 31.4 Å². The summed E-state index contributed by atoms with van der Waals surface area (Å²) in [5.74, 6) is 1.89. The number of nitrogens with one attached hydrogen (secondary N) is 1. The number of benzene rings is 3. The molecule has 0 aliphatic carbocycles. The molecular weight excluding hydrogens is 564 g/mol. The SMILES string of the molecule is COc1ccc(CC(=O)N(c2ccccc2)C2CCN(Cc3ccc(Oc4ccc(NS(C)(=O)=O)cc4)nc3)CC2)cc1. The van der Waals surface area contributed by atoms with Crippen LogP contribution >= 0.6 is 0 Å². The number of hydrogen-bond acceptors (Lipinski definition) is 7. The van der Waals surface area contributed by atoms with Gasteiger partial charge in [-0.1, -0.05) is 36.4 Å². The summed E-state index contributed by atoms with van der Waals surface area (Å²) in [7, 11) is -1.70. The molecule has 1 fully saturated rings. The van der Waals surface area contributed by atoms with E-state index in [1.807, 2.05) is 77.8 Å². The quantitative estimate of drug-likeness (QED) is 0.243. The van der Waals surface area contributed by atoms with Gasteiger partial charge in [0, 0.05) is 49.3 Å². The monoisotopic (exact) mass is 600 g/mol. The van der Waals surface area contributed by atoms with Crippen molar-refractivity contribution in [2.24, 2.45) is 0 Å². The molecule has 0 radical (unpaired) electrons. The lowest BCUT2D eigenvalue weighted by atomic mass is 10.00. The van der Waals surface area contributed by atoms with Gasteiger partial charge in [-0.25, -0.2) is 13.4 Å². The zero-order valence-electron chi connectivity index (χ0n) is 24.3. The van der Waals surface area contributed by atoms with Crippen LogP contribution in [0.25, 0.3) is 0 Å². The number of methoxy groups -OCH3 is 1. The third-order valence-electron chi connectivity index (χ3n) is 7.32. The number of ether oxygens (including phenoxy) is 2. The average molecular weight is 601 g/mol. The maximum absolute atomic E-state index is 13.6. The average Bonchev–Trinajstić information content (AvgIpc) is 3.00. The smallest absolute Gasteiger partial charge is 0.231 e. The zero-order chi connectivity index (χ0) is 30.2. The van der Waals surface area contributed by atoms with Crippen LogP contribution < -0.4 is 19.1 Å². The Bertz CT molecular complexity index is 1590. The Labute approximate surface area is 253 Å². The standard InChI is InChI=1S/C33H36N4O5S/c1-41-30-13-8-25(9-14-30)22-33(38)37(28-6-4-3-5-7-28)29-18-20-36(21-19-29)24-26-10-17-32(34-23-26)42-31-15-11-27(12-16-31)35-43(2,39)40/h3-17,23,29,35H,18-22,24H2,1-2H3. The van der Waals surface area contributed by atoms with E-state index in [0.717, 1.165) is 61.3 Å². The molecule has 1 aromatic heterocycles. The molecule has 0 saturated carbocycles. The highest BCUT2D eigenvalue weighted by Crippen LogP contribution is 2.27. The normalized spacial score (nSPS) is 14.2. The number of amides is 1. The molecule has 0 spiro atoms. The van der Waals surface area contributed by atoms with E-state index in [0.29, 0.717) is 23.7 Å². The molecule has 1 N–H and O–H groups in total. The molecule has 0 bridgehead atoms. The highest BCUT2D eigenvalue weighted by atomic mass is 32.2. The molecule has 10 heteroatoms. The van der Waals surface area contributed by atoms with Gasteiger partial charge in [-0.3, -0.25) is 14.4 Å². The second-order valence-electron chi connectivity index (χ2n) is 10.6. The maximum Gasteiger partial charge on any atom is 0.231 e. The van der Waals surface area contributed by atoms with Crippen LogP contribution in [0.15, 0.2) is 97.2 Å². The summed E-state index contributed by atoms with van der Waals surface area (Å²) in [6.07, 6.45) is 5.01. The van der Waals surface area contributed by atoms with Crippen LogP contribution in [-0.4, -0.2) is 56.7 Å². The molecule has 1 aliphatic rings. The van der Waals surface area contributed by atoms with Gasteiger partial charge in [-0.05, 0) is 72.5 Å². The van der Waals surface area contributed by atoms with Crippen LogP contribution in [0.2, 0.25) is 0 Å². The predicted molar refractivity (Wildman–Crippen MR) is 168 cm³/mol. The summed E-state index contributed by atoms with van der Waals surface area (Å²) in [6, 6.07) is 28.2. The Balaban J connectivity index is 1.16. The van der Waals surface area contributed by atoms with E-state index < -0.39 is 10.0 Å². The number of rotatable bonds is 11. The summed E-state index contributed by atoms with van der Waals surface area (Å²) in [6.45, 7) is 2.50. The molecule has 5 rings (SSSR count). The van der Waals surface area contributed by atoms with Crippen LogP contribution in [0, 0.1) is 0 Å². The number of carbonyl (C=O) groups excluding carboxylic acids is 1. The fourth-order valence-electron chi connectivity index (χ4n) is 5.23. The lowest BCUT2D eigenvalue weighted by Gasteiger charge is -2.38. The molecule has 2 heterocycles. The fraction of sp³-hybridized carbons (Fsp3) is 0.273. The summed E-state index contributed by atoms with van der Waals surface area (Å²) in [5, 5.41) is 0. The molecule has 224 valence electrons. The van der Waals surface area contributed by atoms with Crippen molar-refractivity contribution in [2.75, 3.05) is 36.1 Å². The van der Waals surface area contributed by atoms with Crippen LogP contribution in [0.3, 0.4) is 0 Å². The van der Waals surface area contributed by atoms with Gasteiger partial charge in [0.15, 0.2) is 0 Å². The number of anilines is 2. The molecule has 9 nitrogen and oxygen atoms in total. The van der Waals surface area contributed by atoms with Crippen molar-refractivity contribution in [1.29, 1.82) is 0 Å². The fourth-order valence-corrected chi connectivity index (χ4v) is 5.80. The first-order valence-electron chi connectivity index (χ1n) is 14.2. The van der Waals surface area contributed by atoms with Crippen molar-refractivity contribution in [1.82, 2.24) is 9.88 Å². The third kappa shape index (κ3) is 8.56. The van der Waals surface area contributed by atoms with Crippen molar-refractivity contribution in [3.8, 4) is 17.4 Å². The van der Waals surface area contributed by atoms with Gasteiger partial charge in [0.1, 0.15) is 11.5 Å². The molecule has 4 aromatic rings. The van der Waals surface area contributed by atoms with Crippen molar-refractivity contribution >= 4 is 27.3 Å². The van der Waals surface area contributed by atoms with E-state index in [1.165, 1.54) is 0 Å². The number of sulfonamides is 1. The van der Waals surface area contributed by atoms with Crippen LogP contribution in [0.5, 0.6) is 17.4 Å². The van der Waals surface area contributed by atoms with Gasteiger partial charge in [0.25, 0.3) is 0 Å². The van der Waals surface area contributed by atoms with Crippen LogP contribution in [-0.2, 0) is 27.8 Å². The Morgan fingerprint density at radius 1 is 0.907 bits per heavy atom. The molecule has 0 atom stereocenters. The van der Waals surface area contributed by atoms with Gasteiger partial charge >= 0.3 is 0 Å². The number of pyridine rings is 1. The molecule has 0 unspecified atom stereocenters. The van der Waals surface area contributed by atoms with Gasteiger partial charge in [0.05, 0.1) is 19.8 Å². The number of hydrogen-bond donors (Lipinski definition) is 1. The number of likely N-dealkylation sites (tertiary alicyclic amines) is 1. The first-order chi connectivity index (χ1) is 20.8. The van der Waals surface area contributed by atoms with E-state index >= 15 is 0 Å². The van der Waals surface area contributed by atoms with Crippen LogP contribution in [0.4, 0.5) is 11.4 Å². The lowest BCUT2D eigenvalue weighted by Crippen LogP contribution is -2.48. The Morgan fingerprint density at radius 3 is 2.16 bits per heavy atom. The Morgan fingerprint density at radius 2 is 1.56 bits per heavy atom. The molecule has 43 heavy (non-hydrogen) atoms. The highest BCUT2D eigenvalue weighted by Gasteiger charge is 2.29. The maximum atomic E-state index is 13.6. The summed E-state index contributed by atoms with van der Waals surface area (Å²) in [4.78, 5) is 22.4. The van der Waals surface area contributed by atoms with Crippen LogP contribution in [0.1, 0.15) is 24.0 Å². The first kappa shape index (κ1) is 30.1. The molecule has 1 saturated heterocycles. The van der Waals surface area contributed by atoms with Crippen molar-refractivity contribution in [3.63, 3.8) is 0 Å². The van der Waals surface area contributed by atoms with E-state index in [4.69, 9.17) is 9.47 Å². The van der Waals surface area contributed by atoms with Crippen molar-refractivity contribution in [3.05, 3.63) is 108 Å². The topological polar surface area (TPSA) is 101 Å². The molecule has 1 amide bonds. The highest BCUT2D eigenvalue weighted by molar-refractivity contribution is 7.92. The van der Waals surface area contributed by atoms with E-state index in [-0.39, 0.29) is 11.9 Å². The molecule has 3 aromatic carbocycles. The lowest BCUT2D eigenvalue weighted by molar-refractivity contribution is -0.118. The second-order valence-corrected chi connectivity index (χ2v) is 12.4. The number of piperidine rings is 1. The van der Waals surface area contributed by atoms with Gasteiger partial charge in [-0.2, -0.15) is 0 Å². The second kappa shape index (κ2) is 13.7. The minimum absolute atomic E-state index is 0.0934. The molecular formula is C33H36N4O5S. The number of aromatic nitrogens is 1. The Hall–Kier alpha value is -4.41. The van der Waals surface area contributed by atoms with E-state index in [9.17, 15) is 13.2 Å². The van der Waals surface area contributed by atoms with Gasteiger partial charge in [-0.15, -0.1) is 0 Å². The minimum Gasteiger partial charge on any atom is -0.497 e. The number of nitrogens with zero attached hydrogens (tertiary/aromatic N) is 3. The minimum atomic E-state index is -3.33. The van der Waals surface area contributed by atoms with Gasteiger partial charge in [0.2, 0.25) is 21.8 Å².